The van der Waals surface area contributed by atoms with Gasteiger partial charge in [-0.2, -0.15) is 0 Å². The lowest BCUT2D eigenvalue weighted by atomic mass is 9.86. The van der Waals surface area contributed by atoms with Crippen LogP contribution in [0, 0.1) is 11.8 Å². The summed E-state index contributed by atoms with van der Waals surface area (Å²) in [5.41, 5.74) is 17.7. The van der Waals surface area contributed by atoms with Crippen molar-refractivity contribution in [2.24, 2.45) is 11.8 Å². The van der Waals surface area contributed by atoms with E-state index >= 15 is 0 Å². The molecule has 4 aromatic rings. The van der Waals surface area contributed by atoms with Crippen LogP contribution in [0.1, 0.15) is 120 Å². The number of nitrogens with zero attached hydrogens (tertiary/aromatic N) is 3. The first-order valence-electron chi connectivity index (χ1n) is 25.1. The van der Waals surface area contributed by atoms with E-state index in [0.717, 1.165) is 68.3 Å². The number of likely N-dealkylation sites (tertiary alicyclic amines) is 1. The van der Waals surface area contributed by atoms with Crippen LogP contribution in [0.2, 0.25) is 0 Å². The van der Waals surface area contributed by atoms with Crippen molar-refractivity contribution in [2.75, 3.05) is 64.1 Å². The zero-order valence-corrected chi connectivity index (χ0v) is 43.0. The lowest BCUT2D eigenvalue weighted by Crippen LogP contribution is -2.42. The van der Waals surface area contributed by atoms with Crippen molar-refractivity contribution >= 4 is 42.3 Å². The van der Waals surface area contributed by atoms with Gasteiger partial charge in [0.15, 0.2) is 0 Å². The van der Waals surface area contributed by atoms with E-state index in [1.807, 2.05) is 45.0 Å². The summed E-state index contributed by atoms with van der Waals surface area (Å²) in [5, 5.41) is 30.5. The number of nitrogen functional groups attached to an aromatic ring is 2. The van der Waals surface area contributed by atoms with E-state index in [1.54, 1.807) is 43.0 Å². The largest absolute Gasteiger partial charge is 0.507 e. The molecule has 0 radical (unpaired) electrons. The van der Waals surface area contributed by atoms with Crippen molar-refractivity contribution in [1.82, 2.24) is 30.8 Å². The summed E-state index contributed by atoms with van der Waals surface area (Å²) in [6.07, 6.45) is 6.88. The third-order valence-electron chi connectivity index (χ3n) is 12.9. The average Bonchev–Trinajstić information content (AvgIpc) is 4.29. The molecular weight excluding hydrogens is 944 g/mol. The van der Waals surface area contributed by atoms with E-state index in [-0.39, 0.29) is 67.3 Å². The molecule has 2 unspecified atom stereocenters. The number of benzene rings is 2. The number of phenols is 2. The van der Waals surface area contributed by atoms with Crippen LogP contribution >= 0.6 is 12.4 Å². The number of amides is 3. The number of anilines is 2. The molecule has 4 heterocycles. The first-order valence-corrected chi connectivity index (χ1v) is 25.1. The molecule has 0 spiro atoms. The Morgan fingerprint density at radius 2 is 1.22 bits per heavy atom. The average molecular weight is 1020 g/mol. The van der Waals surface area contributed by atoms with Crippen molar-refractivity contribution in [1.29, 1.82) is 0 Å². The van der Waals surface area contributed by atoms with Crippen LogP contribution in [-0.4, -0.2) is 102 Å². The van der Waals surface area contributed by atoms with E-state index in [4.69, 9.17) is 35.2 Å². The van der Waals surface area contributed by atoms with Gasteiger partial charge in [0.1, 0.15) is 40.2 Å². The van der Waals surface area contributed by atoms with Gasteiger partial charge in [0.05, 0.1) is 62.0 Å². The van der Waals surface area contributed by atoms with Crippen LogP contribution in [0.15, 0.2) is 48.5 Å². The Hall–Kier alpha value is -6.40. The zero-order valence-electron chi connectivity index (χ0n) is 42.2. The molecule has 4 fully saturated rings. The molecule has 3 amide bonds. The Morgan fingerprint density at radius 3 is 1.67 bits per heavy atom. The fourth-order valence-corrected chi connectivity index (χ4v) is 8.90. The SMILES string of the molecule is CCOC(=O)NCc1c(C2CCCN(C(=O)OC(C)(C)C)C2)cc(-c2c(O)cccc2OCC2CC2)nc1N.CCOC(=O)NCc1c(C2CCCNC2)cc(-c2c(O)cccc2OCC2CC2)nc1N.Cl. The summed E-state index contributed by atoms with van der Waals surface area (Å²) >= 11 is 0. The van der Waals surface area contributed by atoms with E-state index in [1.165, 1.54) is 12.8 Å². The summed E-state index contributed by atoms with van der Waals surface area (Å²) in [7, 11) is 0. The molecule has 2 atom stereocenters. The van der Waals surface area contributed by atoms with Crippen LogP contribution in [-0.2, 0) is 27.3 Å². The van der Waals surface area contributed by atoms with Crippen molar-refractivity contribution < 1.29 is 48.3 Å². The highest BCUT2D eigenvalue weighted by molar-refractivity contribution is 5.85. The lowest BCUT2D eigenvalue weighted by Gasteiger charge is -2.35. The van der Waals surface area contributed by atoms with Crippen LogP contribution < -0.4 is 36.9 Å². The quantitative estimate of drug-likeness (QED) is 0.0517. The van der Waals surface area contributed by atoms with Gasteiger partial charge in [-0.15, -0.1) is 12.4 Å². The maximum atomic E-state index is 12.9. The van der Waals surface area contributed by atoms with Gasteiger partial charge in [-0.3, -0.25) is 0 Å². The molecule has 4 aliphatic rings. The van der Waals surface area contributed by atoms with Crippen LogP contribution in [0.5, 0.6) is 23.0 Å². The predicted molar refractivity (Wildman–Crippen MR) is 278 cm³/mol. The smallest absolute Gasteiger partial charge is 0.410 e. The molecule has 2 saturated heterocycles. The molecule has 2 aliphatic carbocycles. The third-order valence-corrected chi connectivity index (χ3v) is 12.9. The molecule has 2 saturated carbocycles. The summed E-state index contributed by atoms with van der Waals surface area (Å²) in [6, 6.07) is 14.3. The van der Waals surface area contributed by atoms with E-state index in [2.05, 4.69) is 25.9 Å². The summed E-state index contributed by atoms with van der Waals surface area (Å²) in [4.78, 5) is 47.8. The number of hydrogen-bond donors (Lipinski definition) is 7. The number of piperidine rings is 2. The van der Waals surface area contributed by atoms with Gasteiger partial charge in [0.25, 0.3) is 0 Å². The number of ether oxygens (including phenoxy) is 5. The number of aromatic nitrogens is 2. The minimum absolute atomic E-state index is 0. The molecule has 8 rings (SSSR count). The fourth-order valence-electron chi connectivity index (χ4n) is 8.90. The molecule has 392 valence electrons. The highest BCUT2D eigenvalue weighted by atomic mass is 35.5. The molecule has 2 aliphatic heterocycles. The molecule has 2 aromatic carbocycles. The first-order chi connectivity index (χ1) is 34.1. The van der Waals surface area contributed by atoms with Gasteiger partial charge < -0.3 is 66.2 Å². The van der Waals surface area contributed by atoms with Gasteiger partial charge in [-0.1, -0.05) is 12.1 Å². The second kappa shape index (κ2) is 25.3. The second-order valence-electron chi connectivity index (χ2n) is 19.7. The number of nitrogens with two attached hydrogens (primary N) is 2. The monoisotopic (exact) mass is 1020 g/mol. The topological polar surface area (TPSA) is 255 Å². The van der Waals surface area contributed by atoms with Gasteiger partial charge in [-0.05, 0) is 158 Å². The predicted octanol–water partition coefficient (Wildman–Crippen LogP) is 9.15. The molecule has 19 heteroatoms. The molecule has 18 nitrogen and oxygen atoms in total. The Labute approximate surface area is 428 Å². The van der Waals surface area contributed by atoms with E-state index in [9.17, 15) is 24.6 Å². The van der Waals surface area contributed by atoms with E-state index < -0.39 is 17.8 Å². The highest BCUT2D eigenvalue weighted by Gasteiger charge is 2.32. The number of carbonyl (C=O) groups excluding carboxylic acids is 3. The third kappa shape index (κ3) is 15.1. The van der Waals surface area contributed by atoms with Crippen LogP contribution in [0.25, 0.3) is 22.5 Å². The van der Waals surface area contributed by atoms with Gasteiger partial charge >= 0.3 is 18.3 Å². The number of phenolic OH excluding ortho intramolecular Hbond substituents is 2. The number of carbonyl (C=O) groups is 3. The molecule has 0 bridgehead atoms. The van der Waals surface area contributed by atoms with Gasteiger partial charge in [0, 0.05) is 36.7 Å². The zero-order chi connectivity index (χ0) is 50.7. The van der Waals surface area contributed by atoms with Crippen LogP contribution in [0.4, 0.5) is 26.0 Å². The Kier molecular flexibility index (Phi) is 19.3. The Bertz CT molecular complexity index is 2490. The standard InChI is InChI=1S/C29H40N4O6.C24H32N4O4.ClH/c1-5-37-27(35)31-15-21-20(19-8-7-13-33(16-19)28(36)39-29(2,3)4)14-22(32-26(21)30)25-23(34)9-6-10-24(25)38-17-18-11-12-18;1-2-31-24(30)27-13-18-17(16-5-4-10-26-12-16)11-19(28-23(18)25)22-20(29)6-3-7-21(22)32-14-15-8-9-15;/h6,9-10,14,18-19,34H,5,7-8,11-13,15-17H2,1-4H3,(H2,30,32)(H,31,35);3,6-7,11,15-16,26,29H,2,4-5,8-10,12-14H2,1H3,(H2,25,28)(H,27,30);1H. The normalized spacial score (nSPS) is 17.5. The number of nitrogens with one attached hydrogen (secondary N) is 3. The maximum Gasteiger partial charge on any atom is 0.410 e. The number of pyridine rings is 2. The molecule has 2 aromatic heterocycles. The Balaban J connectivity index is 0.000000236. The van der Waals surface area contributed by atoms with Crippen molar-refractivity contribution in [3.05, 3.63) is 70.8 Å². The number of hydrogen-bond acceptors (Lipinski definition) is 15. The molecule has 72 heavy (non-hydrogen) atoms. The maximum absolute atomic E-state index is 12.9. The van der Waals surface area contributed by atoms with Crippen molar-refractivity contribution in [2.45, 2.75) is 117 Å². The summed E-state index contributed by atoms with van der Waals surface area (Å²) in [5.74, 6) is 3.11. The lowest BCUT2D eigenvalue weighted by molar-refractivity contribution is 0.0198. The number of rotatable bonds is 16. The summed E-state index contributed by atoms with van der Waals surface area (Å²) < 4.78 is 27.7. The molecular formula is C53H73ClN8O10. The van der Waals surface area contributed by atoms with Crippen molar-refractivity contribution in [3.8, 4) is 45.5 Å². The Morgan fingerprint density at radius 1 is 0.736 bits per heavy atom. The highest BCUT2D eigenvalue weighted by Crippen LogP contribution is 2.43. The minimum atomic E-state index is -0.602. The fraction of sp³-hybridized carbons (Fsp3) is 0.528. The number of aromatic hydroxyl groups is 2. The second-order valence-corrected chi connectivity index (χ2v) is 19.7. The van der Waals surface area contributed by atoms with Crippen molar-refractivity contribution in [3.63, 3.8) is 0 Å². The number of alkyl carbamates (subject to hydrolysis) is 2. The molecule has 9 N–H and O–H groups in total. The van der Waals surface area contributed by atoms with Gasteiger partial charge in [0.2, 0.25) is 0 Å². The van der Waals surface area contributed by atoms with Gasteiger partial charge in [-0.25, -0.2) is 24.4 Å². The van der Waals surface area contributed by atoms with E-state index in [0.29, 0.717) is 90.1 Å². The minimum Gasteiger partial charge on any atom is -0.507 e. The number of halogens is 1. The first kappa shape index (κ1) is 54.9. The summed E-state index contributed by atoms with van der Waals surface area (Å²) in [6.45, 7) is 14.0. The van der Waals surface area contributed by atoms with Crippen LogP contribution in [0.3, 0.4) is 0 Å².